The number of hydrogen-bond acceptors (Lipinski definition) is 5. The van der Waals surface area contributed by atoms with Crippen molar-refractivity contribution in [1.29, 1.82) is 0 Å². The van der Waals surface area contributed by atoms with Crippen LogP contribution in [0.1, 0.15) is 47.4 Å². The minimum atomic E-state index is 0.166. The first-order valence-corrected chi connectivity index (χ1v) is 6.97. The average molecular weight is 268 g/mol. The number of nitrogens with one attached hydrogen (secondary N) is 1. The minimum Gasteiger partial charge on any atom is -0.407 e. The van der Waals surface area contributed by atoms with Crippen molar-refractivity contribution in [2.45, 2.75) is 54.1 Å². The van der Waals surface area contributed by atoms with Crippen LogP contribution in [0.3, 0.4) is 0 Å². The number of anilines is 1. The van der Waals surface area contributed by atoms with Crippen LogP contribution in [0.5, 0.6) is 0 Å². The van der Waals surface area contributed by atoms with E-state index in [1.54, 1.807) is 0 Å². The van der Waals surface area contributed by atoms with Gasteiger partial charge in [0, 0.05) is 13.1 Å². The molecular formula is C14H28N4O. The smallest absolute Gasteiger partial charge is 0.318 e. The van der Waals surface area contributed by atoms with Crippen LogP contribution in [0, 0.1) is 11.3 Å². The van der Waals surface area contributed by atoms with Gasteiger partial charge < -0.3 is 14.6 Å². The summed E-state index contributed by atoms with van der Waals surface area (Å²) in [5, 5.41) is 11.5. The Kier molecular flexibility index (Phi) is 5.35. The maximum atomic E-state index is 5.68. The highest BCUT2D eigenvalue weighted by atomic mass is 16.4. The fraction of sp³-hybridized carbons (Fsp3) is 0.857. The molecule has 0 amide bonds. The van der Waals surface area contributed by atoms with Gasteiger partial charge >= 0.3 is 6.01 Å². The molecule has 5 heteroatoms. The number of aromatic nitrogens is 2. The van der Waals surface area contributed by atoms with Gasteiger partial charge in [-0.1, -0.05) is 39.7 Å². The van der Waals surface area contributed by atoms with Gasteiger partial charge in [0.1, 0.15) is 0 Å². The summed E-state index contributed by atoms with van der Waals surface area (Å²) in [6.45, 7) is 14.7. The maximum absolute atomic E-state index is 5.68. The second-order valence-electron chi connectivity index (χ2n) is 6.66. The molecule has 1 heterocycles. The molecule has 0 aliphatic rings. The molecule has 0 saturated carbocycles. The summed E-state index contributed by atoms with van der Waals surface area (Å²) < 4.78 is 5.68. The molecule has 0 aromatic carbocycles. The molecule has 110 valence electrons. The van der Waals surface area contributed by atoms with Crippen LogP contribution in [-0.4, -0.2) is 29.8 Å². The summed E-state index contributed by atoms with van der Waals surface area (Å²) in [5.74, 6) is 1.26. The van der Waals surface area contributed by atoms with Crippen LogP contribution >= 0.6 is 0 Å². The molecule has 0 spiro atoms. The van der Waals surface area contributed by atoms with E-state index in [4.69, 9.17) is 4.42 Å². The lowest BCUT2D eigenvalue weighted by Gasteiger charge is -2.34. The van der Waals surface area contributed by atoms with Gasteiger partial charge in [-0.15, -0.1) is 5.10 Å². The van der Waals surface area contributed by atoms with Crippen LogP contribution in [0.15, 0.2) is 4.42 Å². The molecule has 0 aliphatic heterocycles. The lowest BCUT2D eigenvalue weighted by Crippen LogP contribution is -2.39. The second kappa shape index (κ2) is 6.37. The Labute approximate surface area is 116 Å². The average Bonchev–Trinajstić information content (AvgIpc) is 2.74. The maximum Gasteiger partial charge on any atom is 0.318 e. The zero-order valence-electron chi connectivity index (χ0n) is 13.3. The Morgan fingerprint density at radius 2 is 1.84 bits per heavy atom. The van der Waals surface area contributed by atoms with Crippen LogP contribution in [-0.2, 0) is 6.54 Å². The fourth-order valence-corrected chi connectivity index (χ4v) is 1.67. The summed E-state index contributed by atoms with van der Waals surface area (Å²) in [7, 11) is 1.99. The molecule has 5 nitrogen and oxygen atoms in total. The van der Waals surface area contributed by atoms with Gasteiger partial charge in [0.05, 0.1) is 6.54 Å². The predicted octanol–water partition coefficient (Wildman–Crippen LogP) is 2.69. The molecule has 0 fully saturated rings. The lowest BCUT2D eigenvalue weighted by atomic mass is 9.87. The van der Waals surface area contributed by atoms with Gasteiger partial charge in [-0.25, -0.2) is 0 Å². The van der Waals surface area contributed by atoms with E-state index in [0.29, 0.717) is 30.4 Å². The van der Waals surface area contributed by atoms with Gasteiger partial charge in [0.2, 0.25) is 5.89 Å². The van der Waals surface area contributed by atoms with Crippen molar-refractivity contribution in [3.8, 4) is 0 Å². The van der Waals surface area contributed by atoms with Crippen molar-refractivity contribution in [3.05, 3.63) is 5.89 Å². The first-order valence-electron chi connectivity index (χ1n) is 6.97. The largest absolute Gasteiger partial charge is 0.407 e. The van der Waals surface area contributed by atoms with Crippen LogP contribution < -0.4 is 10.2 Å². The first kappa shape index (κ1) is 16.0. The Morgan fingerprint density at radius 1 is 1.21 bits per heavy atom. The van der Waals surface area contributed by atoms with E-state index in [9.17, 15) is 0 Å². The van der Waals surface area contributed by atoms with E-state index in [1.165, 1.54) is 0 Å². The van der Waals surface area contributed by atoms with Gasteiger partial charge in [-0.05, 0) is 24.8 Å². The third-order valence-electron chi connectivity index (χ3n) is 3.42. The van der Waals surface area contributed by atoms with E-state index in [-0.39, 0.29) is 5.41 Å². The Morgan fingerprint density at radius 3 is 2.37 bits per heavy atom. The Bertz CT molecular complexity index is 381. The summed E-state index contributed by atoms with van der Waals surface area (Å²) >= 11 is 0. The van der Waals surface area contributed by atoms with Crippen molar-refractivity contribution >= 4 is 6.01 Å². The molecule has 1 aromatic rings. The molecule has 0 bridgehead atoms. The van der Waals surface area contributed by atoms with Crippen LogP contribution in [0.4, 0.5) is 6.01 Å². The van der Waals surface area contributed by atoms with Crippen molar-refractivity contribution in [1.82, 2.24) is 15.5 Å². The molecule has 19 heavy (non-hydrogen) atoms. The minimum absolute atomic E-state index is 0.166. The van der Waals surface area contributed by atoms with Gasteiger partial charge in [0.25, 0.3) is 0 Å². The zero-order valence-corrected chi connectivity index (χ0v) is 13.3. The number of nitrogens with zero attached hydrogens (tertiary/aromatic N) is 3. The normalized spacial score (nSPS) is 13.9. The second-order valence-corrected chi connectivity index (χ2v) is 6.66. The zero-order chi connectivity index (χ0) is 14.6. The van der Waals surface area contributed by atoms with Crippen molar-refractivity contribution in [3.63, 3.8) is 0 Å². The SMILES string of the molecule is CC(C)CNCc1nnc(N(C)C(C)C(C)(C)C)o1. The van der Waals surface area contributed by atoms with E-state index in [1.807, 2.05) is 11.9 Å². The molecule has 1 unspecified atom stereocenters. The molecule has 1 rings (SSSR count). The number of hydrogen-bond donors (Lipinski definition) is 1. The predicted molar refractivity (Wildman–Crippen MR) is 78.2 cm³/mol. The summed E-state index contributed by atoms with van der Waals surface area (Å²) in [5.41, 5.74) is 0.166. The first-order chi connectivity index (χ1) is 8.71. The molecule has 1 N–H and O–H groups in total. The van der Waals surface area contributed by atoms with Crippen molar-refractivity contribution in [2.75, 3.05) is 18.5 Å². The van der Waals surface area contributed by atoms with Gasteiger partial charge in [-0.2, -0.15) is 0 Å². The van der Waals surface area contributed by atoms with Gasteiger partial charge in [-0.3, -0.25) is 0 Å². The highest BCUT2D eigenvalue weighted by Crippen LogP contribution is 2.26. The highest BCUT2D eigenvalue weighted by Gasteiger charge is 2.26. The Hall–Kier alpha value is -1.10. The lowest BCUT2D eigenvalue weighted by molar-refractivity contribution is 0.316. The summed E-state index contributed by atoms with van der Waals surface area (Å²) in [4.78, 5) is 2.04. The van der Waals surface area contributed by atoms with Crippen LogP contribution in [0.25, 0.3) is 0 Å². The third kappa shape index (κ3) is 4.82. The van der Waals surface area contributed by atoms with E-state index < -0.39 is 0 Å². The fourth-order valence-electron chi connectivity index (χ4n) is 1.67. The standard InChI is InChI=1S/C14H28N4O/c1-10(2)8-15-9-12-16-17-13(19-12)18(7)11(3)14(4,5)6/h10-11,15H,8-9H2,1-7H3. The van der Waals surface area contributed by atoms with Crippen molar-refractivity contribution < 1.29 is 4.42 Å². The molecule has 0 radical (unpaired) electrons. The molecule has 0 aliphatic carbocycles. The highest BCUT2D eigenvalue weighted by molar-refractivity contribution is 5.25. The van der Waals surface area contributed by atoms with E-state index >= 15 is 0 Å². The van der Waals surface area contributed by atoms with Gasteiger partial charge in [0.15, 0.2) is 0 Å². The monoisotopic (exact) mass is 268 g/mol. The van der Waals surface area contributed by atoms with E-state index in [2.05, 4.69) is 57.1 Å². The quantitative estimate of drug-likeness (QED) is 0.859. The summed E-state index contributed by atoms with van der Waals surface area (Å²) in [6, 6.07) is 0.910. The molecular weight excluding hydrogens is 240 g/mol. The third-order valence-corrected chi connectivity index (χ3v) is 3.42. The number of rotatable bonds is 6. The summed E-state index contributed by atoms with van der Waals surface area (Å²) in [6.07, 6.45) is 0. The molecule has 1 atom stereocenters. The topological polar surface area (TPSA) is 54.2 Å². The Balaban J connectivity index is 2.59. The van der Waals surface area contributed by atoms with E-state index in [0.717, 1.165) is 6.54 Å². The van der Waals surface area contributed by atoms with Crippen LogP contribution in [0.2, 0.25) is 0 Å². The van der Waals surface area contributed by atoms with Crippen molar-refractivity contribution in [2.24, 2.45) is 11.3 Å². The molecule has 0 saturated heterocycles. The molecule has 1 aromatic heterocycles.